The number of piperazine rings is 1. The third-order valence-corrected chi connectivity index (χ3v) is 6.56. The molecule has 31 heavy (non-hydrogen) atoms. The number of imide groups is 1. The molecule has 2 saturated heterocycles. The summed E-state index contributed by atoms with van der Waals surface area (Å²) < 4.78 is 0. The van der Waals surface area contributed by atoms with E-state index >= 15 is 0 Å². The topological polar surface area (TPSA) is 60.9 Å². The summed E-state index contributed by atoms with van der Waals surface area (Å²) in [5.41, 5.74) is 1.47. The Bertz CT molecular complexity index is 983. The molecule has 162 valence electrons. The fraction of sp³-hybridized carbons (Fsp3) is 0.400. The fourth-order valence-electron chi connectivity index (χ4n) is 4.71. The van der Waals surface area contributed by atoms with E-state index < -0.39 is 5.41 Å². The molecule has 0 N–H and O–H groups in total. The van der Waals surface area contributed by atoms with E-state index in [4.69, 9.17) is 0 Å². The number of aryl methyl sites for hydroxylation is 1. The van der Waals surface area contributed by atoms with Crippen molar-refractivity contribution in [3.63, 3.8) is 0 Å². The molecule has 4 rings (SSSR count). The quantitative estimate of drug-likeness (QED) is 0.698. The number of carbonyl (C=O) groups excluding carboxylic acids is 3. The van der Waals surface area contributed by atoms with Gasteiger partial charge in [0, 0.05) is 39.0 Å². The van der Waals surface area contributed by atoms with Gasteiger partial charge in [0.25, 0.3) is 0 Å². The molecular weight excluding hydrogens is 390 g/mol. The Kier molecular flexibility index (Phi) is 5.92. The van der Waals surface area contributed by atoms with Gasteiger partial charge in [0.15, 0.2) is 0 Å². The number of nitrogens with zero attached hydrogens (tertiary/aromatic N) is 3. The van der Waals surface area contributed by atoms with Gasteiger partial charge in [0.1, 0.15) is 0 Å². The third-order valence-electron chi connectivity index (χ3n) is 6.56. The second kappa shape index (κ2) is 8.63. The Morgan fingerprint density at radius 1 is 0.935 bits per heavy atom. The molecule has 2 aromatic carbocycles. The van der Waals surface area contributed by atoms with Crippen LogP contribution in [0.1, 0.15) is 29.5 Å². The number of hydrogen-bond donors (Lipinski definition) is 0. The van der Waals surface area contributed by atoms with Gasteiger partial charge >= 0.3 is 0 Å². The van der Waals surface area contributed by atoms with Crippen molar-refractivity contribution in [2.45, 2.75) is 31.7 Å². The van der Waals surface area contributed by atoms with Gasteiger partial charge < -0.3 is 9.80 Å². The Morgan fingerprint density at radius 2 is 1.58 bits per heavy atom. The van der Waals surface area contributed by atoms with E-state index in [1.54, 1.807) is 0 Å². The molecule has 0 saturated carbocycles. The summed E-state index contributed by atoms with van der Waals surface area (Å²) in [7, 11) is 2.04. The number of likely N-dealkylation sites (tertiary alicyclic amines) is 1. The van der Waals surface area contributed by atoms with Gasteiger partial charge in [0.05, 0.1) is 12.0 Å². The van der Waals surface area contributed by atoms with Crippen LogP contribution in [0.25, 0.3) is 0 Å². The molecule has 0 spiro atoms. The zero-order valence-corrected chi connectivity index (χ0v) is 18.2. The summed E-state index contributed by atoms with van der Waals surface area (Å²) >= 11 is 0. The second-order valence-electron chi connectivity index (χ2n) is 8.71. The third kappa shape index (κ3) is 4.12. The van der Waals surface area contributed by atoms with Crippen LogP contribution < -0.4 is 0 Å². The minimum Gasteiger partial charge on any atom is -0.340 e. The van der Waals surface area contributed by atoms with Crippen molar-refractivity contribution in [3.05, 3.63) is 71.3 Å². The normalized spacial score (nSPS) is 22.3. The van der Waals surface area contributed by atoms with Crippen LogP contribution >= 0.6 is 0 Å². The number of likely N-dealkylation sites (N-methyl/N-ethyl adjacent to an activating group) is 1. The van der Waals surface area contributed by atoms with Gasteiger partial charge in [-0.2, -0.15) is 0 Å². The first-order valence-corrected chi connectivity index (χ1v) is 10.8. The van der Waals surface area contributed by atoms with Gasteiger partial charge in [-0.1, -0.05) is 54.6 Å². The molecule has 2 fully saturated rings. The van der Waals surface area contributed by atoms with Crippen molar-refractivity contribution in [3.8, 4) is 0 Å². The van der Waals surface area contributed by atoms with Crippen LogP contribution in [0.5, 0.6) is 0 Å². The molecule has 2 aromatic rings. The van der Waals surface area contributed by atoms with Crippen molar-refractivity contribution in [2.24, 2.45) is 0 Å². The second-order valence-corrected chi connectivity index (χ2v) is 8.71. The van der Waals surface area contributed by atoms with E-state index in [-0.39, 0.29) is 37.1 Å². The molecule has 1 atom stereocenters. The highest BCUT2D eigenvalue weighted by atomic mass is 16.2. The lowest BCUT2D eigenvalue weighted by Gasteiger charge is -2.35. The maximum Gasteiger partial charge on any atom is 0.241 e. The first-order valence-electron chi connectivity index (χ1n) is 10.8. The zero-order chi connectivity index (χ0) is 22.0. The summed E-state index contributed by atoms with van der Waals surface area (Å²) in [5, 5.41) is 0. The minimum absolute atomic E-state index is 0.0252. The maximum atomic E-state index is 13.8. The number of hydrogen-bond acceptors (Lipinski definition) is 4. The summed E-state index contributed by atoms with van der Waals surface area (Å²) in [6.45, 7) is 5.10. The highest BCUT2D eigenvalue weighted by molar-refractivity contribution is 6.10. The fourth-order valence-corrected chi connectivity index (χ4v) is 4.71. The van der Waals surface area contributed by atoms with Crippen molar-refractivity contribution >= 4 is 17.7 Å². The molecule has 0 aromatic heterocycles. The van der Waals surface area contributed by atoms with Crippen LogP contribution in [0.4, 0.5) is 0 Å². The highest BCUT2D eigenvalue weighted by Crippen LogP contribution is 2.42. The molecule has 0 aliphatic carbocycles. The molecule has 2 heterocycles. The van der Waals surface area contributed by atoms with E-state index in [0.717, 1.165) is 29.8 Å². The zero-order valence-electron chi connectivity index (χ0n) is 18.2. The highest BCUT2D eigenvalue weighted by Gasteiger charge is 2.54. The summed E-state index contributed by atoms with van der Waals surface area (Å²) in [6, 6.07) is 17.1. The Hall–Kier alpha value is -2.99. The predicted molar refractivity (Wildman–Crippen MR) is 118 cm³/mol. The average molecular weight is 420 g/mol. The molecule has 0 bridgehead atoms. The van der Waals surface area contributed by atoms with E-state index in [1.807, 2.05) is 73.5 Å². The van der Waals surface area contributed by atoms with Crippen molar-refractivity contribution in [1.82, 2.24) is 14.7 Å². The maximum absolute atomic E-state index is 13.8. The number of carbonyl (C=O) groups is 3. The first kappa shape index (κ1) is 21.2. The van der Waals surface area contributed by atoms with E-state index in [2.05, 4.69) is 4.90 Å². The standard InChI is InChI=1S/C25H29N3O3/c1-19-8-6-7-11-21(19)25(16-22(29)27-14-12-26(2)13-15-27)17-23(30)28(24(25)31)18-20-9-4-3-5-10-20/h3-11H,12-18H2,1-2H3. The predicted octanol–water partition coefficient (Wildman–Crippen LogP) is 2.36. The van der Waals surface area contributed by atoms with Gasteiger partial charge in [-0.15, -0.1) is 0 Å². The van der Waals surface area contributed by atoms with Crippen molar-refractivity contribution in [1.29, 1.82) is 0 Å². The van der Waals surface area contributed by atoms with Crippen LogP contribution in [-0.2, 0) is 26.3 Å². The molecule has 1 unspecified atom stereocenters. The molecule has 2 aliphatic rings. The summed E-state index contributed by atoms with van der Waals surface area (Å²) in [6.07, 6.45) is 0.0560. The largest absolute Gasteiger partial charge is 0.340 e. The Balaban J connectivity index is 1.67. The Morgan fingerprint density at radius 3 is 2.26 bits per heavy atom. The van der Waals surface area contributed by atoms with Crippen molar-refractivity contribution < 1.29 is 14.4 Å². The molecular formula is C25H29N3O3. The van der Waals surface area contributed by atoms with Gasteiger partial charge in [-0.25, -0.2) is 0 Å². The first-order chi connectivity index (χ1) is 14.9. The summed E-state index contributed by atoms with van der Waals surface area (Å²) in [5.74, 6) is -0.541. The SMILES string of the molecule is Cc1ccccc1C1(CC(=O)N2CCN(C)CC2)CC(=O)N(Cc2ccccc2)C1=O. The lowest BCUT2D eigenvalue weighted by Crippen LogP contribution is -2.50. The average Bonchev–Trinajstić information content (AvgIpc) is 3.00. The smallest absolute Gasteiger partial charge is 0.241 e. The minimum atomic E-state index is -1.14. The van der Waals surface area contributed by atoms with Gasteiger partial charge in [-0.3, -0.25) is 19.3 Å². The molecule has 2 aliphatic heterocycles. The lowest BCUT2D eigenvalue weighted by atomic mass is 9.74. The van der Waals surface area contributed by atoms with Gasteiger partial charge in [-0.05, 0) is 30.7 Å². The lowest BCUT2D eigenvalue weighted by molar-refractivity contribution is -0.143. The van der Waals surface area contributed by atoms with Crippen LogP contribution in [0.3, 0.4) is 0 Å². The molecule has 0 radical (unpaired) electrons. The molecule has 6 heteroatoms. The number of rotatable bonds is 5. The van der Waals surface area contributed by atoms with E-state index in [9.17, 15) is 14.4 Å². The van der Waals surface area contributed by atoms with E-state index in [0.29, 0.717) is 13.1 Å². The summed E-state index contributed by atoms with van der Waals surface area (Å²) in [4.78, 5) is 45.5. The molecule has 6 nitrogen and oxygen atoms in total. The van der Waals surface area contributed by atoms with E-state index in [1.165, 1.54) is 4.90 Å². The van der Waals surface area contributed by atoms with Crippen LogP contribution in [-0.4, -0.2) is 65.6 Å². The van der Waals surface area contributed by atoms with Crippen LogP contribution in [0, 0.1) is 6.92 Å². The van der Waals surface area contributed by atoms with Gasteiger partial charge in [0.2, 0.25) is 17.7 Å². The molecule has 3 amide bonds. The van der Waals surface area contributed by atoms with Crippen LogP contribution in [0.15, 0.2) is 54.6 Å². The monoisotopic (exact) mass is 419 g/mol. The van der Waals surface area contributed by atoms with Crippen LogP contribution in [0.2, 0.25) is 0 Å². The number of benzene rings is 2. The number of amides is 3. The Labute approximate surface area is 183 Å². The van der Waals surface area contributed by atoms with Crippen molar-refractivity contribution in [2.75, 3.05) is 33.2 Å².